The lowest BCUT2D eigenvalue weighted by Crippen LogP contribution is -2.15. The monoisotopic (exact) mass is 312 g/mol. The van der Waals surface area contributed by atoms with E-state index in [1.165, 1.54) is 0 Å². The van der Waals surface area contributed by atoms with Crippen molar-refractivity contribution in [1.82, 2.24) is 9.97 Å². The smallest absolute Gasteiger partial charge is 0.364 e. The van der Waals surface area contributed by atoms with E-state index < -0.39 is 21.0 Å². The Hall–Kier alpha value is -1.99. The summed E-state index contributed by atoms with van der Waals surface area (Å²) in [6.45, 7) is 0. The zero-order valence-corrected chi connectivity index (χ0v) is 11.9. The highest BCUT2D eigenvalue weighted by Crippen LogP contribution is 2.17. The van der Waals surface area contributed by atoms with Crippen molar-refractivity contribution in [1.29, 1.82) is 0 Å². The van der Waals surface area contributed by atoms with Gasteiger partial charge < -0.3 is 4.74 Å². The van der Waals surface area contributed by atoms with Gasteiger partial charge >= 0.3 is 5.97 Å². The number of hydrogen-bond acceptors (Lipinski definition) is 6. The summed E-state index contributed by atoms with van der Waals surface area (Å²) in [6, 6.07) is 8.28. The number of esters is 1. The van der Waals surface area contributed by atoms with Gasteiger partial charge in [-0.3, -0.25) is 0 Å². The third-order valence-electron chi connectivity index (χ3n) is 2.20. The number of para-hydroxylation sites is 1. The summed E-state index contributed by atoms with van der Waals surface area (Å²) >= 11 is 5.79. The molecule has 0 bridgehead atoms. The largest absolute Gasteiger partial charge is 0.422 e. The first-order chi connectivity index (χ1) is 9.38. The highest BCUT2D eigenvalue weighted by molar-refractivity contribution is 7.90. The maximum absolute atomic E-state index is 11.9. The number of carbonyl (C=O) groups excluding carboxylic acids is 1. The average Bonchev–Trinajstić information content (AvgIpc) is 2.39. The van der Waals surface area contributed by atoms with Crippen LogP contribution in [-0.4, -0.2) is 30.6 Å². The van der Waals surface area contributed by atoms with Crippen LogP contribution in [0.5, 0.6) is 5.75 Å². The minimum absolute atomic E-state index is 0.0849. The standard InChI is InChI=1S/C12H9ClN2O4S/c1-20(17,18)12-14-7-9(13)10(15-12)11(16)19-8-5-3-2-4-6-8/h2-7H,1H3. The lowest BCUT2D eigenvalue weighted by Gasteiger charge is -2.05. The van der Waals surface area contributed by atoms with Crippen LogP contribution >= 0.6 is 11.6 Å². The molecular weight excluding hydrogens is 304 g/mol. The maximum atomic E-state index is 11.9. The molecule has 0 aliphatic heterocycles. The zero-order valence-electron chi connectivity index (χ0n) is 10.3. The molecule has 0 radical (unpaired) electrons. The zero-order chi connectivity index (χ0) is 14.8. The summed E-state index contributed by atoms with van der Waals surface area (Å²) in [5.41, 5.74) is -0.300. The number of benzene rings is 1. The van der Waals surface area contributed by atoms with Crippen molar-refractivity contribution in [2.45, 2.75) is 5.16 Å². The third kappa shape index (κ3) is 3.31. The van der Waals surface area contributed by atoms with Gasteiger partial charge in [0.25, 0.3) is 0 Å². The minimum atomic E-state index is -3.64. The number of halogens is 1. The minimum Gasteiger partial charge on any atom is -0.422 e. The number of hydrogen-bond donors (Lipinski definition) is 0. The van der Waals surface area contributed by atoms with Gasteiger partial charge in [0.2, 0.25) is 15.0 Å². The Kier molecular flexibility index (Phi) is 4.01. The van der Waals surface area contributed by atoms with Crippen LogP contribution in [0.15, 0.2) is 41.7 Å². The fourth-order valence-electron chi connectivity index (χ4n) is 1.32. The van der Waals surface area contributed by atoms with E-state index in [0.29, 0.717) is 5.75 Å². The Morgan fingerprint density at radius 1 is 1.25 bits per heavy atom. The molecule has 0 unspecified atom stereocenters. The summed E-state index contributed by atoms with van der Waals surface area (Å²) in [7, 11) is -3.64. The molecule has 8 heteroatoms. The summed E-state index contributed by atoms with van der Waals surface area (Å²) in [5.74, 6) is -0.554. The average molecular weight is 313 g/mol. The molecule has 0 amide bonds. The van der Waals surface area contributed by atoms with Crippen LogP contribution in [0.3, 0.4) is 0 Å². The summed E-state index contributed by atoms with van der Waals surface area (Å²) in [4.78, 5) is 19.1. The van der Waals surface area contributed by atoms with Crippen molar-refractivity contribution >= 4 is 27.4 Å². The van der Waals surface area contributed by atoms with Gasteiger partial charge in [-0.1, -0.05) is 29.8 Å². The second-order valence-corrected chi connectivity index (χ2v) is 6.14. The molecule has 0 spiro atoms. The van der Waals surface area contributed by atoms with E-state index >= 15 is 0 Å². The van der Waals surface area contributed by atoms with Gasteiger partial charge in [-0.2, -0.15) is 0 Å². The van der Waals surface area contributed by atoms with Crippen LogP contribution in [0.2, 0.25) is 5.02 Å². The van der Waals surface area contributed by atoms with Crippen LogP contribution in [0, 0.1) is 0 Å². The summed E-state index contributed by atoms with van der Waals surface area (Å²) in [6.07, 6.45) is 1.98. The van der Waals surface area contributed by atoms with E-state index in [-0.39, 0.29) is 10.7 Å². The Balaban J connectivity index is 2.35. The summed E-state index contributed by atoms with van der Waals surface area (Å²) < 4.78 is 27.8. The van der Waals surface area contributed by atoms with Crippen LogP contribution in [-0.2, 0) is 9.84 Å². The Bertz CT molecular complexity index is 747. The highest BCUT2D eigenvalue weighted by Gasteiger charge is 2.20. The molecule has 0 aliphatic carbocycles. The van der Waals surface area contributed by atoms with Crippen molar-refractivity contribution in [3.8, 4) is 5.75 Å². The van der Waals surface area contributed by atoms with E-state index in [9.17, 15) is 13.2 Å². The van der Waals surface area contributed by atoms with Crippen LogP contribution in [0.1, 0.15) is 10.5 Å². The lowest BCUT2D eigenvalue weighted by molar-refractivity contribution is 0.0727. The molecule has 1 aromatic heterocycles. The van der Waals surface area contributed by atoms with Gasteiger partial charge in [-0.05, 0) is 12.1 Å². The molecule has 0 saturated heterocycles. The molecule has 0 aliphatic rings. The quantitative estimate of drug-likeness (QED) is 0.487. The van der Waals surface area contributed by atoms with Crippen LogP contribution < -0.4 is 4.74 Å². The van der Waals surface area contributed by atoms with Gasteiger partial charge in [-0.15, -0.1) is 0 Å². The van der Waals surface area contributed by atoms with Crippen molar-refractivity contribution in [2.75, 3.05) is 6.26 Å². The Morgan fingerprint density at radius 3 is 2.50 bits per heavy atom. The van der Waals surface area contributed by atoms with Gasteiger partial charge in [0, 0.05) is 6.26 Å². The van der Waals surface area contributed by atoms with E-state index in [2.05, 4.69) is 9.97 Å². The number of ether oxygens (including phenoxy) is 1. The fraction of sp³-hybridized carbons (Fsp3) is 0.0833. The van der Waals surface area contributed by atoms with Gasteiger partial charge in [0.15, 0.2) is 5.69 Å². The van der Waals surface area contributed by atoms with E-state index in [0.717, 1.165) is 12.5 Å². The molecule has 20 heavy (non-hydrogen) atoms. The topological polar surface area (TPSA) is 86.2 Å². The predicted octanol–water partition coefficient (Wildman–Crippen LogP) is 1.75. The summed E-state index contributed by atoms with van der Waals surface area (Å²) in [5, 5.41) is -0.569. The van der Waals surface area contributed by atoms with E-state index in [1.54, 1.807) is 30.3 Å². The number of aromatic nitrogens is 2. The maximum Gasteiger partial charge on any atom is 0.364 e. The first kappa shape index (κ1) is 14.4. The van der Waals surface area contributed by atoms with Gasteiger partial charge in [0.05, 0.1) is 11.2 Å². The van der Waals surface area contributed by atoms with Gasteiger partial charge in [0.1, 0.15) is 5.75 Å². The third-order valence-corrected chi connectivity index (χ3v) is 3.34. The van der Waals surface area contributed by atoms with Crippen molar-refractivity contribution < 1.29 is 17.9 Å². The second-order valence-electron chi connectivity index (χ2n) is 3.82. The normalized spacial score (nSPS) is 11.1. The Labute approximate surface area is 120 Å². The van der Waals surface area contributed by atoms with Crippen molar-refractivity contribution in [3.63, 3.8) is 0 Å². The number of nitrogens with zero attached hydrogens (tertiary/aromatic N) is 2. The number of rotatable bonds is 3. The lowest BCUT2D eigenvalue weighted by atomic mass is 10.3. The molecule has 2 aromatic rings. The van der Waals surface area contributed by atoms with Crippen LogP contribution in [0.25, 0.3) is 0 Å². The first-order valence-electron chi connectivity index (χ1n) is 5.38. The van der Waals surface area contributed by atoms with Crippen molar-refractivity contribution in [3.05, 3.63) is 47.2 Å². The molecular formula is C12H9ClN2O4S. The molecule has 0 N–H and O–H groups in total. The number of carbonyl (C=O) groups is 1. The molecule has 0 saturated carbocycles. The molecule has 2 rings (SSSR count). The second kappa shape index (κ2) is 5.56. The van der Waals surface area contributed by atoms with Gasteiger partial charge in [-0.25, -0.2) is 23.2 Å². The molecule has 6 nitrogen and oxygen atoms in total. The molecule has 104 valence electrons. The first-order valence-corrected chi connectivity index (χ1v) is 7.64. The van der Waals surface area contributed by atoms with E-state index in [4.69, 9.17) is 16.3 Å². The molecule has 1 aromatic carbocycles. The van der Waals surface area contributed by atoms with E-state index in [1.807, 2.05) is 0 Å². The highest BCUT2D eigenvalue weighted by atomic mass is 35.5. The fourth-order valence-corrected chi connectivity index (χ4v) is 1.99. The number of sulfone groups is 1. The predicted molar refractivity (Wildman–Crippen MR) is 71.6 cm³/mol. The van der Waals surface area contributed by atoms with Crippen molar-refractivity contribution in [2.24, 2.45) is 0 Å². The van der Waals surface area contributed by atoms with Crippen LogP contribution in [0.4, 0.5) is 0 Å². The SMILES string of the molecule is CS(=O)(=O)c1ncc(Cl)c(C(=O)Oc2ccccc2)n1. The molecule has 0 atom stereocenters. The molecule has 0 fully saturated rings. The Morgan fingerprint density at radius 2 is 1.90 bits per heavy atom. The molecule has 1 heterocycles.